The summed E-state index contributed by atoms with van der Waals surface area (Å²) in [4.78, 5) is 19.5. The topological polar surface area (TPSA) is 60.4 Å². The number of likely N-dealkylation sites (tertiary alicyclic amines) is 1. The second kappa shape index (κ2) is 7.87. The zero-order chi connectivity index (χ0) is 20.5. The molecule has 0 aliphatic carbocycles. The van der Waals surface area contributed by atoms with Gasteiger partial charge in [-0.15, -0.1) is 0 Å². The maximum absolute atomic E-state index is 12.0. The van der Waals surface area contributed by atoms with Crippen LogP contribution in [0.15, 0.2) is 41.4 Å². The quantitative estimate of drug-likeness (QED) is 0.746. The number of nitrogens with zero attached hydrogens (tertiary/aromatic N) is 2. The van der Waals surface area contributed by atoms with Crippen LogP contribution in [0.2, 0.25) is 0 Å². The minimum absolute atomic E-state index is 0.202. The number of fused-ring (bicyclic) bond motifs is 3. The number of likely N-dealkylation sites (N-methyl/N-ethyl adjacent to an activating group) is 1. The number of esters is 1. The third kappa shape index (κ3) is 3.49. The molecule has 2 aliphatic heterocycles. The summed E-state index contributed by atoms with van der Waals surface area (Å²) in [5.41, 5.74) is 4.55. The van der Waals surface area contributed by atoms with Crippen molar-refractivity contribution in [3.05, 3.63) is 58.7 Å². The van der Waals surface area contributed by atoms with E-state index in [2.05, 4.69) is 18.0 Å². The van der Waals surface area contributed by atoms with Gasteiger partial charge >= 0.3 is 5.97 Å². The van der Waals surface area contributed by atoms with Gasteiger partial charge in [-0.2, -0.15) is 0 Å². The smallest absolute Gasteiger partial charge is 0.337 e. The molecule has 1 fully saturated rings. The first-order chi connectivity index (χ1) is 14.0. The van der Waals surface area contributed by atoms with E-state index in [-0.39, 0.29) is 12.0 Å². The Morgan fingerprint density at radius 1 is 1.10 bits per heavy atom. The molecule has 2 atom stereocenters. The van der Waals surface area contributed by atoms with E-state index in [1.807, 2.05) is 24.3 Å². The maximum Gasteiger partial charge on any atom is 0.337 e. The summed E-state index contributed by atoms with van der Waals surface area (Å²) < 4.78 is 16.0. The molecule has 2 heterocycles. The maximum atomic E-state index is 12.0. The van der Waals surface area contributed by atoms with Crippen LogP contribution in [0.1, 0.15) is 39.4 Å². The van der Waals surface area contributed by atoms with E-state index in [9.17, 15) is 4.79 Å². The van der Waals surface area contributed by atoms with E-state index in [4.69, 9.17) is 19.2 Å². The highest BCUT2D eigenvalue weighted by molar-refractivity contribution is 6.15. The van der Waals surface area contributed by atoms with Crippen molar-refractivity contribution in [2.75, 3.05) is 41.5 Å². The highest BCUT2D eigenvalue weighted by atomic mass is 16.5. The van der Waals surface area contributed by atoms with E-state index in [0.29, 0.717) is 17.2 Å². The minimum Gasteiger partial charge on any atom is -0.493 e. The molecule has 0 amide bonds. The SMILES string of the molecule is COC(=O)c1cccc(C2=NC3CCN(C)CC3c3cc(OC)c(OC)cc32)c1. The molecular formula is C23H26N2O4. The number of hydrogen-bond donors (Lipinski definition) is 0. The zero-order valence-corrected chi connectivity index (χ0v) is 17.3. The van der Waals surface area contributed by atoms with Gasteiger partial charge in [0, 0.05) is 23.6 Å². The number of ether oxygens (including phenoxy) is 3. The molecule has 0 bridgehead atoms. The summed E-state index contributed by atoms with van der Waals surface area (Å²) >= 11 is 0. The molecule has 0 radical (unpaired) electrons. The van der Waals surface area contributed by atoms with Crippen LogP contribution in [0.25, 0.3) is 0 Å². The van der Waals surface area contributed by atoms with Gasteiger partial charge in [0.05, 0.1) is 38.6 Å². The molecule has 6 nitrogen and oxygen atoms in total. The third-order valence-corrected chi connectivity index (χ3v) is 5.84. The standard InChI is InChI=1S/C23H26N2O4/c1-25-9-8-19-18(13-25)16-11-20(27-2)21(28-3)12-17(16)22(24-19)14-6-5-7-15(10-14)23(26)29-4/h5-7,10-12,18-19H,8-9,13H2,1-4H3. The summed E-state index contributed by atoms with van der Waals surface area (Å²) in [6, 6.07) is 11.7. The van der Waals surface area contributed by atoms with E-state index in [1.165, 1.54) is 12.7 Å². The molecule has 2 unspecified atom stereocenters. The molecule has 4 rings (SSSR count). The normalized spacial score (nSPS) is 20.9. The van der Waals surface area contributed by atoms with Gasteiger partial charge < -0.3 is 19.1 Å². The molecule has 152 valence electrons. The highest BCUT2D eigenvalue weighted by Gasteiger charge is 2.36. The second-order valence-electron chi connectivity index (χ2n) is 7.57. The van der Waals surface area contributed by atoms with Crippen molar-refractivity contribution < 1.29 is 19.0 Å². The highest BCUT2D eigenvalue weighted by Crippen LogP contribution is 2.42. The number of carbonyl (C=O) groups is 1. The third-order valence-electron chi connectivity index (χ3n) is 5.84. The van der Waals surface area contributed by atoms with Gasteiger partial charge in [0.2, 0.25) is 0 Å². The minimum atomic E-state index is -0.354. The van der Waals surface area contributed by atoms with Crippen molar-refractivity contribution in [2.24, 2.45) is 4.99 Å². The van der Waals surface area contributed by atoms with Crippen LogP contribution in [0, 0.1) is 0 Å². The average molecular weight is 394 g/mol. The lowest BCUT2D eigenvalue weighted by Gasteiger charge is -2.39. The van der Waals surface area contributed by atoms with Crippen LogP contribution in [-0.2, 0) is 4.74 Å². The number of rotatable bonds is 4. The van der Waals surface area contributed by atoms with Crippen LogP contribution >= 0.6 is 0 Å². The number of benzene rings is 2. The molecule has 2 aromatic rings. The first-order valence-electron chi connectivity index (χ1n) is 9.77. The first kappa shape index (κ1) is 19.5. The number of methoxy groups -OCH3 is 3. The number of piperidine rings is 1. The molecule has 1 saturated heterocycles. The van der Waals surface area contributed by atoms with E-state index in [1.54, 1.807) is 20.3 Å². The lowest BCUT2D eigenvalue weighted by Crippen LogP contribution is -2.41. The van der Waals surface area contributed by atoms with Gasteiger partial charge in [0.1, 0.15) is 0 Å². The van der Waals surface area contributed by atoms with Crippen LogP contribution < -0.4 is 9.47 Å². The van der Waals surface area contributed by atoms with Crippen molar-refractivity contribution in [3.8, 4) is 11.5 Å². The van der Waals surface area contributed by atoms with Crippen molar-refractivity contribution >= 4 is 11.7 Å². The molecular weight excluding hydrogens is 368 g/mol. The van der Waals surface area contributed by atoms with Crippen molar-refractivity contribution in [1.29, 1.82) is 0 Å². The fourth-order valence-electron chi connectivity index (χ4n) is 4.35. The molecule has 0 saturated carbocycles. The van der Waals surface area contributed by atoms with Crippen LogP contribution in [0.5, 0.6) is 11.5 Å². The summed E-state index contributed by atoms with van der Waals surface area (Å²) in [6.45, 7) is 1.97. The van der Waals surface area contributed by atoms with Crippen LogP contribution in [0.4, 0.5) is 0 Å². The van der Waals surface area contributed by atoms with Gasteiger partial charge in [-0.3, -0.25) is 4.99 Å². The summed E-state index contributed by atoms with van der Waals surface area (Å²) in [7, 11) is 6.84. The molecule has 2 aliphatic rings. The Balaban J connectivity index is 1.88. The summed E-state index contributed by atoms with van der Waals surface area (Å²) in [5, 5.41) is 0. The van der Waals surface area contributed by atoms with Crippen molar-refractivity contribution in [2.45, 2.75) is 18.4 Å². The lowest BCUT2D eigenvalue weighted by molar-refractivity contribution is 0.0600. The zero-order valence-electron chi connectivity index (χ0n) is 17.3. The Morgan fingerprint density at radius 2 is 1.86 bits per heavy atom. The van der Waals surface area contributed by atoms with E-state index >= 15 is 0 Å². The Kier molecular flexibility index (Phi) is 5.28. The van der Waals surface area contributed by atoms with Crippen molar-refractivity contribution in [1.82, 2.24) is 4.90 Å². The lowest BCUT2D eigenvalue weighted by atomic mass is 9.79. The molecule has 29 heavy (non-hydrogen) atoms. The second-order valence-corrected chi connectivity index (χ2v) is 7.57. The number of hydrogen-bond acceptors (Lipinski definition) is 6. The van der Waals surface area contributed by atoms with E-state index in [0.717, 1.165) is 42.1 Å². The van der Waals surface area contributed by atoms with Crippen LogP contribution in [0.3, 0.4) is 0 Å². The first-order valence-corrected chi connectivity index (χ1v) is 9.77. The molecule has 0 N–H and O–H groups in total. The largest absolute Gasteiger partial charge is 0.493 e. The van der Waals surface area contributed by atoms with E-state index < -0.39 is 0 Å². The summed E-state index contributed by atoms with van der Waals surface area (Å²) in [5.74, 6) is 1.34. The fraction of sp³-hybridized carbons (Fsp3) is 0.391. The van der Waals surface area contributed by atoms with Crippen molar-refractivity contribution in [3.63, 3.8) is 0 Å². The van der Waals surface area contributed by atoms with Gasteiger partial charge in [0.15, 0.2) is 11.5 Å². The summed E-state index contributed by atoms with van der Waals surface area (Å²) in [6.07, 6.45) is 0.995. The Hall–Kier alpha value is -2.86. The Bertz CT molecular complexity index is 969. The molecule has 2 aromatic carbocycles. The molecule has 0 spiro atoms. The average Bonchev–Trinajstić information content (AvgIpc) is 2.77. The number of aliphatic imine (C=N–C) groups is 1. The predicted molar refractivity (Wildman–Crippen MR) is 112 cm³/mol. The van der Waals surface area contributed by atoms with Gasteiger partial charge in [-0.1, -0.05) is 12.1 Å². The predicted octanol–water partition coefficient (Wildman–Crippen LogP) is 3.13. The van der Waals surface area contributed by atoms with Gasteiger partial charge in [0.25, 0.3) is 0 Å². The molecule has 0 aromatic heterocycles. The van der Waals surface area contributed by atoms with Gasteiger partial charge in [-0.25, -0.2) is 4.79 Å². The molecule has 6 heteroatoms. The Labute approximate surface area is 171 Å². The van der Waals surface area contributed by atoms with Crippen LogP contribution in [-0.4, -0.2) is 64.1 Å². The fourth-order valence-corrected chi connectivity index (χ4v) is 4.35. The monoisotopic (exact) mass is 394 g/mol. The Morgan fingerprint density at radius 3 is 2.59 bits per heavy atom. The number of carbonyl (C=O) groups excluding carboxylic acids is 1. The van der Waals surface area contributed by atoms with Gasteiger partial charge in [-0.05, 0) is 49.8 Å².